The molecule has 3 aromatic rings. The predicted molar refractivity (Wildman–Crippen MR) is 85.6 cm³/mol. The fraction of sp³-hybridized carbons (Fsp3) is 0.0588. The quantitative estimate of drug-likeness (QED) is 0.691. The van der Waals surface area contributed by atoms with Crippen molar-refractivity contribution >= 4 is 28.4 Å². The molecule has 0 fully saturated rings. The summed E-state index contributed by atoms with van der Waals surface area (Å²) < 4.78 is 13.4. The average molecular weight is 311 g/mol. The Morgan fingerprint density at radius 1 is 1.17 bits per heavy atom. The van der Waals surface area contributed by atoms with Gasteiger partial charge < -0.3 is 16.0 Å². The van der Waals surface area contributed by atoms with Gasteiger partial charge in [0, 0.05) is 17.1 Å². The SMILES string of the molecule is NC(=O)c1ccccc1NC(=O)Cc1c[nH]c2ccc(F)cc12. The van der Waals surface area contributed by atoms with Gasteiger partial charge >= 0.3 is 0 Å². The van der Waals surface area contributed by atoms with E-state index in [1.54, 1.807) is 36.5 Å². The van der Waals surface area contributed by atoms with E-state index in [2.05, 4.69) is 10.3 Å². The molecule has 1 aromatic heterocycles. The minimum atomic E-state index is -0.616. The molecule has 0 saturated carbocycles. The number of hydrogen-bond acceptors (Lipinski definition) is 2. The van der Waals surface area contributed by atoms with Crippen LogP contribution in [0.15, 0.2) is 48.7 Å². The lowest BCUT2D eigenvalue weighted by Crippen LogP contribution is -2.19. The maximum Gasteiger partial charge on any atom is 0.250 e. The number of benzene rings is 2. The van der Waals surface area contributed by atoms with E-state index in [1.165, 1.54) is 12.1 Å². The number of carbonyl (C=O) groups is 2. The molecular weight excluding hydrogens is 297 g/mol. The molecule has 5 nitrogen and oxygen atoms in total. The van der Waals surface area contributed by atoms with Gasteiger partial charge in [-0.15, -0.1) is 0 Å². The summed E-state index contributed by atoms with van der Waals surface area (Å²) in [4.78, 5) is 26.6. The van der Waals surface area contributed by atoms with E-state index in [9.17, 15) is 14.0 Å². The zero-order valence-electron chi connectivity index (χ0n) is 12.1. The van der Waals surface area contributed by atoms with Crippen LogP contribution < -0.4 is 11.1 Å². The highest BCUT2D eigenvalue weighted by Gasteiger charge is 2.13. The number of nitrogens with one attached hydrogen (secondary N) is 2. The van der Waals surface area contributed by atoms with Crippen molar-refractivity contribution in [2.75, 3.05) is 5.32 Å². The summed E-state index contributed by atoms with van der Waals surface area (Å²) >= 11 is 0. The lowest BCUT2D eigenvalue weighted by atomic mass is 10.1. The second-order valence-corrected chi connectivity index (χ2v) is 5.14. The Morgan fingerprint density at radius 2 is 1.96 bits per heavy atom. The highest BCUT2D eigenvalue weighted by atomic mass is 19.1. The number of primary amides is 1. The van der Waals surface area contributed by atoms with Crippen LogP contribution in [0.5, 0.6) is 0 Å². The fourth-order valence-corrected chi connectivity index (χ4v) is 2.47. The summed E-state index contributed by atoms with van der Waals surface area (Å²) in [6.45, 7) is 0. The minimum absolute atomic E-state index is 0.0521. The summed E-state index contributed by atoms with van der Waals surface area (Å²) in [5.41, 5.74) is 7.31. The number of aromatic amines is 1. The number of H-pyrrole nitrogens is 1. The molecular formula is C17H14FN3O2. The first kappa shape index (κ1) is 14.8. The number of aromatic nitrogens is 1. The van der Waals surface area contributed by atoms with E-state index in [-0.39, 0.29) is 23.7 Å². The van der Waals surface area contributed by atoms with E-state index in [0.717, 1.165) is 5.52 Å². The first-order valence-electron chi connectivity index (χ1n) is 6.99. The van der Waals surface area contributed by atoms with Gasteiger partial charge in [0.25, 0.3) is 5.91 Å². The normalized spacial score (nSPS) is 10.7. The van der Waals surface area contributed by atoms with Crippen LogP contribution in [-0.2, 0) is 11.2 Å². The van der Waals surface area contributed by atoms with Crippen LogP contribution >= 0.6 is 0 Å². The lowest BCUT2D eigenvalue weighted by molar-refractivity contribution is -0.115. The van der Waals surface area contributed by atoms with Crippen LogP contribution in [0.3, 0.4) is 0 Å². The number of anilines is 1. The highest BCUT2D eigenvalue weighted by Crippen LogP contribution is 2.21. The Balaban J connectivity index is 1.82. The second-order valence-electron chi connectivity index (χ2n) is 5.14. The molecule has 0 aliphatic carbocycles. The third kappa shape index (κ3) is 3.06. The van der Waals surface area contributed by atoms with Gasteiger partial charge in [-0.05, 0) is 35.9 Å². The Hall–Kier alpha value is -3.15. The molecule has 0 spiro atoms. The van der Waals surface area contributed by atoms with Crippen molar-refractivity contribution in [2.24, 2.45) is 5.73 Å². The number of rotatable bonds is 4. The van der Waals surface area contributed by atoms with Gasteiger partial charge in [0.15, 0.2) is 0 Å². The van der Waals surface area contributed by atoms with Crippen molar-refractivity contribution in [1.29, 1.82) is 0 Å². The molecule has 0 unspecified atom stereocenters. The van der Waals surface area contributed by atoms with Gasteiger partial charge in [-0.25, -0.2) is 4.39 Å². The predicted octanol–water partition coefficient (Wildman–Crippen LogP) is 2.59. The maximum absolute atomic E-state index is 13.4. The van der Waals surface area contributed by atoms with Gasteiger partial charge in [-0.3, -0.25) is 9.59 Å². The van der Waals surface area contributed by atoms with Crippen molar-refractivity contribution < 1.29 is 14.0 Å². The Morgan fingerprint density at radius 3 is 2.74 bits per heavy atom. The maximum atomic E-state index is 13.4. The molecule has 3 rings (SSSR count). The van der Waals surface area contributed by atoms with Crippen LogP contribution in [0, 0.1) is 5.82 Å². The van der Waals surface area contributed by atoms with Crippen molar-refractivity contribution in [3.05, 3.63) is 65.6 Å². The summed E-state index contributed by atoms with van der Waals surface area (Å²) in [5.74, 6) is -1.29. The van der Waals surface area contributed by atoms with E-state index in [4.69, 9.17) is 5.73 Å². The molecule has 0 saturated heterocycles. The number of nitrogens with two attached hydrogens (primary N) is 1. The number of carbonyl (C=O) groups excluding carboxylic acids is 2. The molecule has 2 amide bonds. The van der Waals surface area contributed by atoms with Crippen LogP contribution in [0.2, 0.25) is 0 Å². The molecule has 0 aliphatic heterocycles. The summed E-state index contributed by atoms with van der Waals surface area (Å²) in [6.07, 6.45) is 1.72. The summed E-state index contributed by atoms with van der Waals surface area (Å²) in [6, 6.07) is 10.9. The van der Waals surface area contributed by atoms with Crippen LogP contribution in [-0.4, -0.2) is 16.8 Å². The Bertz CT molecular complexity index is 902. The van der Waals surface area contributed by atoms with E-state index in [0.29, 0.717) is 16.6 Å². The van der Waals surface area contributed by atoms with Crippen molar-refractivity contribution in [2.45, 2.75) is 6.42 Å². The van der Waals surface area contributed by atoms with Crippen LogP contribution in [0.4, 0.5) is 10.1 Å². The third-order valence-corrected chi connectivity index (χ3v) is 3.55. The van der Waals surface area contributed by atoms with Crippen molar-refractivity contribution in [3.63, 3.8) is 0 Å². The molecule has 116 valence electrons. The number of halogens is 1. The second kappa shape index (κ2) is 5.92. The van der Waals surface area contributed by atoms with Crippen LogP contribution in [0.1, 0.15) is 15.9 Å². The molecule has 0 aliphatic rings. The fourth-order valence-electron chi connectivity index (χ4n) is 2.47. The van der Waals surface area contributed by atoms with E-state index >= 15 is 0 Å². The zero-order valence-corrected chi connectivity index (χ0v) is 12.1. The van der Waals surface area contributed by atoms with E-state index in [1.807, 2.05) is 0 Å². The highest BCUT2D eigenvalue weighted by molar-refractivity contribution is 6.04. The number of fused-ring (bicyclic) bond motifs is 1. The van der Waals surface area contributed by atoms with Gasteiger partial charge in [0.2, 0.25) is 5.91 Å². The number of hydrogen-bond donors (Lipinski definition) is 3. The monoisotopic (exact) mass is 311 g/mol. The molecule has 4 N–H and O–H groups in total. The van der Waals surface area contributed by atoms with Crippen LogP contribution in [0.25, 0.3) is 10.9 Å². The van der Waals surface area contributed by atoms with Gasteiger partial charge in [0.05, 0.1) is 17.7 Å². The number of amides is 2. The molecule has 0 bridgehead atoms. The molecule has 2 aromatic carbocycles. The Labute approximate surface area is 131 Å². The average Bonchev–Trinajstić information content (AvgIpc) is 2.90. The standard InChI is InChI=1S/C17H14FN3O2/c18-11-5-6-14-13(8-11)10(9-20-14)7-16(22)21-15-4-2-1-3-12(15)17(19)23/h1-6,8-9,20H,7H2,(H2,19,23)(H,21,22). The molecule has 1 heterocycles. The summed E-state index contributed by atoms with van der Waals surface area (Å²) in [5, 5.41) is 3.32. The van der Waals surface area contributed by atoms with Crippen molar-refractivity contribution in [3.8, 4) is 0 Å². The zero-order chi connectivity index (χ0) is 16.4. The largest absolute Gasteiger partial charge is 0.366 e. The third-order valence-electron chi connectivity index (χ3n) is 3.55. The minimum Gasteiger partial charge on any atom is -0.366 e. The number of para-hydroxylation sites is 1. The molecule has 0 radical (unpaired) electrons. The summed E-state index contributed by atoms with van der Waals surface area (Å²) in [7, 11) is 0. The van der Waals surface area contributed by atoms with Gasteiger partial charge in [-0.2, -0.15) is 0 Å². The van der Waals surface area contributed by atoms with E-state index < -0.39 is 5.91 Å². The lowest BCUT2D eigenvalue weighted by Gasteiger charge is -2.08. The first-order chi connectivity index (χ1) is 11.0. The molecule has 0 atom stereocenters. The molecule has 23 heavy (non-hydrogen) atoms. The van der Waals surface area contributed by atoms with Gasteiger partial charge in [-0.1, -0.05) is 12.1 Å². The van der Waals surface area contributed by atoms with Crippen molar-refractivity contribution in [1.82, 2.24) is 4.98 Å². The molecule has 6 heteroatoms. The first-order valence-corrected chi connectivity index (χ1v) is 6.99. The topological polar surface area (TPSA) is 88.0 Å². The smallest absolute Gasteiger partial charge is 0.250 e. The Kier molecular flexibility index (Phi) is 3.80. The van der Waals surface area contributed by atoms with Gasteiger partial charge in [0.1, 0.15) is 5.82 Å².